The Morgan fingerprint density at radius 3 is 3.12 bits per heavy atom. The topological polar surface area (TPSA) is 60.1 Å². The molecule has 5 heteroatoms. The normalized spacial score (nSPS) is 11.5. The minimum Gasteiger partial charge on any atom is -0.406 e. The Labute approximate surface area is 99.5 Å². The average Bonchev–Trinajstić information content (AvgIpc) is 2.60. The first-order chi connectivity index (χ1) is 8.18. The first-order valence-corrected chi connectivity index (χ1v) is 5.83. The molecule has 0 fully saturated rings. The number of oxazole rings is 1. The van der Waals surface area contributed by atoms with E-state index in [4.69, 9.17) is 4.42 Å². The summed E-state index contributed by atoms with van der Waals surface area (Å²) in [7, 11) is 0. The molecule has 2 aromatic rings. The van der Waals surface area contributed by atoms with Gasteiger partial charge in [0.05, 0.1) is 0 Å². The van der Waals surface area contributed by atoms with Crippen LogP contribution < -0.4 is 11.1 Å². The molecule has 0 saturated heterocycles. The zero-order chi connectivity index (χ0) is 12.3. The van der Waals surface area contributed by atoms with Gasteiger partial charge in [0.25, 0.3) is 0 Å². The quantitative estimate of drug-likeness (QED) is 0.792. The highest BCUT2D eigenvalue weighted by atomic mass is 16.4. The molecular formula is C12H17N3O2. The fourth-order valence-corrected chi connectivity index (χ4v) is 1.68. The van der Waals surface area contributed by atoms with Gasteiger partial charge in [0.15, 0.2) is 11.2 Å². The van der Waals surface area contributed by atoms with Crippen molar-refractivity contribution in [3.05, 3.63) is 28.9 Å². The average molecular weight is 235 g/mol. The van der Waals surface area contributed by atoms with Crippen LogP contribution >= 0.6 is 0 Å². The monoisotopic (exact) mass is 235 g/mol. The predicted molar refractivity (Wildman–Crippen MR) is 66.0 cm³/mol. The van der Waals surface area contributed by atoms with Crippen LogP contribution in [0, 0.1) is 5.92 Å². The number of hydrogen-bond donors (Lipinski definition) is 1. The van der Waals surface area contributed by atoms with E-state index in [0.29, 0.717) is 23.7 Å². The van der Waals surface area contributed by atoms with Gasteiger partial charge in [0.1, 0.15) is 0 Å². The second-order valence-corrected chi connectivity index (χ2v) is 4.44. The summed E-state index contributed by atoms with van der Waals surface area (Å²) >= 11 is 0. The predicted octanol–water partition coefficient (Wildman–Crippen LogP) is 1.24. The Morgan fingerprint density at radius 2 is 2.35 bits per heavy atom. The molecule has 0 spiro atoms. The van der Waals surface area contributed by atoms with Crippen molar-refractivity contribution in [2.75, 3.05) is 13.1 Å². The largest absolute Gasteiger partial charge is 0.421 e. The summed E-state index contributed by atoms with van der Waals surface area (Å²) in [5.41, 5.74) is 1.16. The van der Waals surface area contributed by atoms with Gasteiger partial charge in [-0.25, -0.2) is 9.78 Å². The fraction of sp³-hybridized carbons (Fsp3) is 0.500. The number of nitrogens with one attached hydrogen (secondary N) is 1. The van der Waals surface area contributed by atoms with Crippen LogP contribution in [0.3, 0.4) is 0 Å². The number of pyridine rings is 1. The van der Waals surface area contributed by atoms with Gasteiger partial charge in [-0.1, -0.05) is 13.8 Å². The van der Waals surface area contributed by atoms with Crippen molar-refractivity contribution in [2.24, 2.45) is 5.92 Å². The molecule has 0 amide bonds. The van der Waals surface area contributed by atoms with E-state index in [1.807, 2.05) is 0 Å². The van der Waals surface area contributed by atoms with E-state index in [-0.39, 0.29) is 5.76 Å². The molecule has 0 aliphatic carbocycles. The van der Waals surface area contributed by atoms with Crippen molar-refractivity contribution in [3.63, 3.8) is 0 Å². The highest BCUT2D eigenvalue weighted by Crippen LogP contribution is 2.07. The van der Waals surface area contributed by atoms with Crippen LogP contribution in [-0.4, -0.2) is 22.6 Å². The summed E-state index contributed by atoms with van der Waals surface area (Å²) in [4.78, 5) is 15.8. The summed E-state index contributed by atoms with van der Waals surface area (Å²) in [6.07, 6.45) is 1.66. The Morgan fingerprint density at radius 1 is 1.53 bits per heavy atom. The Kier molecular flexibility index (Phi) is 3.58. The lowest BCUT2D eigenvalue weighted by atomic mass is 10.2. The van der Waals surface area contributed by atoms with Crippen molar-refractivity contribution in [1.29, 1.82) is 0 Å². The van der Waals surface area contributed by atoms with Crippen LogP contribution in [0.2, 0.25) is 0 Å². The van der Waals surface area contributed by atoms with Gasteiger partial charge in [-0.3, -0.25) is 4.57 Å². The van der Waals surface area contributed by atoms with Crippen LogP contribution in [0.1, 0.15) is 13.8 Å². The molecular weight excluding hydrogens is 218 g/mol. The lowest BCUT2D eigenvalue weighted by molar-refractivity contribution is 0.480. The lowest BCUT2D eigenvalue weighted by Crippen LogP contribution is -2.27. The van der Waals surface area contributed by atoms with Gasteiger partial charge in [-0.15, -0.1) is 0 Å². The molecule has 92 valence electrons. The van der Waals surface area contributed by atoms with Crippen LogP contribution in [0.15, 0.2) is 27.5 Å². The second kappa shape index (κ2) is 5.14. The summed E-state index contributed by atoms with van der Waals surface area (Å²) in [6, 6.07) is 3.51. The molecule has 0 aliphatic rings. The Hall–Kier alpha value is -1.62. The molecule has 2 heterocycles. The standard InChI is InChI=1S/C12H17N3O2/c1-9(2)8-13-6-7-15-11-10(17-12(15)16)4-3-5-14-11/h3-5,9,13H,6-8H2,1-2H3. The third kappa shape index (κ3) is 2.74. The molecule has 0 atom stereocenters. The van der Waals surface area contributed by atoms with Gasteiger partial charge in [0, 0.05) is 19.3 Å². The van der Waals surface area contributed by atoms with E-state index in [1.54, 1.807) is 22.9 Å². The van der Waals surface area contributed by atoms with E-state index in [0.717, 1.165) is 13.1 Å². The van der Waals surface area contributed by atoms with Crippen LogP contribution in [0.5, 0.6) is 0 Å². The van der Waals surface area contributed by atoms with Crippen molar-refractivity contribution in [3.8, 4) is 0 Å². The van der Waals surface area contributed by atoms with Crippen LogP contribution in [-0.2, 0) is 6.54 Å². The molecule has 0 bridgehead atoms. The highest BCUT2D eigenvalue weighted by Gasteiger charge is 2.08. The molecule has 2 rings (SSSR count). The zero-order valence-electron chi connectivity index (χ0n) is 10.1. The molecule has 0 aromatic carbocycles. The summed E-state index contributed by atoms with van der Waals surface area (Å²) in [6.45, 7) is 6.55. The summed E-state index contributed by atoms with van der Waals surface area (Å²) in [5, 5.41) is 3.29. The number of fused-ring (bicyclic) bond motifs is 1. The fourth-order valence-electron chi connectivity index (χ4n) is 1.68. The van der Waals surface area contributed by atoms with Crippen LogP contribution in [0.25, 0.3) is 11.2 Å². The van der Waals surface area contributed by atoms with Gasteiger partial charge in [-0.05, 0) is 24.6 Å². The van der Waals surface area contributed by atoms with Crippen LogP contribution in [0.4, 0.5) is 0 Å². The van der Waals surface area contributed by atoms with Gasteiger partial charge in [0.2, 0.25) is 0 Å². The Balaban J connectivity index is 2.08. The third-order valence-corrected chi connectivity index (χ3v) is 2.49. The van der Waals surface area contributed by atoms with Crippen molar-refractivity contribution in [1.82, 2.24) is 14.9 Å². The molecule has 0 unspecified atom stereocenters. The van der Waals surface area contributed by atoms with E-state index < -0.39 is 0 Å². The minimum atomic E-state index is -0.343. The zero-order valence-corrected chi connectivity index (χ0v) is 10.1. The van der Waals surface area contributed by atoms with Gasteiger partial charge < -0.3 is 9.73 Å². The maximum atomic E-state index is 11.6. The molecule has 0 aliphatic heterocycles. The molecule has 1 N–H and O–H groups in total. The molecule has 5 nitrogen and oxygen atoms in total. The number of aromatic nitrogens is 2. The van der Waals surface area contributed by atoms with E-state index in [2.05, 4.69) is 24.1 Å². The van der Waals surface area contributed by atoms with Crippen molar-refractivity contribution in [2.45, 2.75) is 20.4 Å². The van der Waals surface area contributed by atoms with Gasteiger partial charge >= 0.3 is 5.76 Å². The van der Waals surface area contributed by atoms with Gasteiger partial charge in [-0.2, -0.15) is 0 Å². The SMILES string of the molecule is CC(C)CNCCn1c(=O)oc2cccnc21. The number of rotatable bonds is 5. The Bertz CT molecular complexity index is 542. The second-order valence-electron chi connectivity index (χ2n) is 4.44. The minimum absolute atomic E-state index is 0.343. The summed E-state index contributed by atoms with van der Waals surface area (Å²) < 4.78 is 6.65. The maximum Gasteiger partial charge on any atom is 0.421 e. The molecule has 0 radical (unpaired) electrons. The smallest absolute Gasteiger partial charge is 0.406 e. The molecule has 2 aromatic heterocycles. The van der Waals surface area contributed by atoms with Crippen molar-refractivity contribution < 1.29 is 4.42 Å². The van der Waals surface area contributed by atoms with E-state index >= 15 is 0 Å². The molecule has 17 heavy (non-hydrogen) atoms. The summed E-state index contributed by atoms with van der Waals surface area (Å²) in [5.74, 6) is 0.260. The third-order valence-electron chi connectivity index (χ3n) is 2.49. The lowest BCUT2D eigenvalue weighted by Gasteiger charge is -2.06. The highest BCUT2D eigenvalue weighted by molar-refractivity contribution is 5.67. The van der Waals surface area contributed by atoms with Crippen molar-refractivity contribution >= 4 is 11.2 Å². The maximum absolute atomic E-state index is 11.6. The number of hydrogen-bond acceptors (Lipinski definition) is 4. The van der Waals surface area contributed by atoms with E-state index in [9.17, 15) is 4.79 Å². The first-order valence-electron chi connectivity index (χ1n) is 5.83. The first kappa shape index (κ1) is 11.9. The van der Waals surface area contributed by atoms with E-state index in [1.165, 1.54) is 0 Å². The molecule has 0 saturated carbocycles. The number of nitrogens with zero attached hydrogens (tertiary/aromatic N) is 2.